The zero-order valence-corrected chi connectivity index (χ0v) is 13.3. The van der Waals surface area contributed by atoms with E-state index in [-0.39, 0.29) is 17.9 Å². The van der Waals surface area contributed by atoms with Crippen molar-refractivity contribution in [1.29, 1.82) is 5.26 Å². The van der Waals surface area contributed by atoms with Crippen LogP contribution in [0.15, 0.2) is 36.5 Å². The Labute approximate surface area is 135 Å². The molecule has 1 aliphatic rings. The molecule has 0 saturated heterocycles. The Morgan fingerprint density at radius 1 is 1.30 bits per heavy atom. The lowest BCUT2D eigenvalue weighted by Crippen LogP contribution is -2.44. The number of hydrogen-bond acceptors (Lipinski definition) is 5. The smallest absolute Gasteiger partial charge is 0.214 e. The summed E-state index contributed by atoms with van der Waals surface area (Å²) >= 11 is 0. The summed E-state index contributed by atoms with van der Waals surface area (Å²) in [5, 5.41) is 18.7. The first-order valence-electron chi connectivity index (χ1n) is 7.45. The normalized spacial score (nSPS) is 21.7. The van der Waals surface area contributed by atoms with Crippen LogP contribution in [0, 0.1) is 17.2 Å². The summed E-state index contributed by atoms with van der Waals surface area (Å²) in [6, 6.07) is 10.7. The molecule has 5 nitrogen and oxygen atoms in total. The fourth-order valence-corrected chi connectivity index (χ4v) is 2.73. The molecule has 1 aliphatic heterocycles. The summed E-state index contributed by atoms with van der Waals surface area (Å²) in [4.78, 5) is 3.76. The summed E-state index contributed by atoms with van der Waals surface area (Å²) in [7, 11) is 0. The summed E-state index contributed by atoms with van der Waals surface area (Å²) in [6.45, 7) is 6.08. The zero-order valence-electron chi connectivity index (χ0n) is 13.3. The lowest BCUT2D eigenvalue weighted by atomic mass is 9.81. The van der Waals surface area contributed by atoms with Crippen LogP contribution in [-0.4, -0.2) is 15.7 Å². The Bertz CT molecular complexity index is 780. The molecule has 1 N–H and O–H groups in total. The SMILES string of the molecule is CC1C(Oc2ccnc(O)c2)c2cc(C#N)ccc2OC1(C)C. The van der Waals surface area contributed by atoms with Crippen LogP contribution in [0.3, 0.4) is 0 Å². The molecule has 0 spiro atoms. The predicted molar refractivity (Wildman–Crippen MR) is 84.3 cm³/mol. The Morgan fingerprint density at radius 2 is 2.09 bits per heavy atom. The van der Waals surface area contributed by atoms with E-state index in [2.05, 4.69) is 11.1 Å². The van der Waals surface area contributed by atoms with Crippen molar-refractivity contribution in [3.8, 4) is 23.4 Å². The van der Waals surface area contributed by atoms with Crippen LogP contribution in [-0.2, 0) is 0 Å². The molecule has 3 rings (SSSR count). The highest BCUT2D eigenvalue weighted by atomic mass is 16.5. The van der Waals surface area contributed by atoms with Crippen LogP contribution in [0.5, 0.6) is 17.4 Å². The van der Waals surface area contributed by atoms with Crippen LogP contribution >= 0.6 is 0 Å². The third-order valence-electron chi connectivity index (χ3n) is 4.35. The number of fused-ring (bicyclic) bond motifs is 1. The fourth-order valence-electron chi connectivity index (χ4n) is 2.73. The molecule has 118 valence electrons. The minimum atomic E-state index is -0.416. The number of benzene rings is 1. The van der Waals surface area contributed by atoms with Gasteiger partial charge in [0.2, 0.25) is 5.88 Å². The third kappa shape index (κ3) is 2.80. The van der Waals surface area contributed by atoms with Crippen molar-refractivity contribution < 1.29 is 14.6 Å². The van der Waals surface area contributed by atoms with Gasteiger partial charge < -0.3 is 14.6 Å². The largest absolute Gasteiger partial charge is 0.493 e. The van der Waals surface area contributed by atoms with Crippen LogP contribution in [0.2, 0.25) is 0 Å². The highest BCUT2D eigenvalue weighted by Crippen LogP contribution is 2.45. The number of nitriles is 1. The highest BCUT2D eigenvalue weighted by molar-refractivity contribution is 5.46. The van der Waals surface area contributed by atoms with Gasteiger partial charge in [0.05, 0.1) is 11.6 Å². The summed E-state index contributed by atoms with van der Waals surface area (Å²) < 4.78 is 12.2. The van der Waals surface area contributed by atoms with Gasteiger partial charge >= 0.3 is 0 Å². The van der Waals surface area contributed by atoms with Gasteiger partial charge in [0, 0.05) is 23.7 Å². The van der Waals surface area contributed by atoms with Crippen LogP contribution in [0.25, 0.3) is 0 Å². The van der Waals surface area contributed by atoms with Gasteiger partial charge in [-0.2, -0.15) is 5.26 Å². The standard InChI is InChI=1S/C18H18N2O3/c1-11-17(22-13-6-7-20-16(21)9-13)14-8-12(10-19)4-5-15(14)23-18(11,2)3/h4-9,11,17H,1-3H3,(H,20,21). The van der Waals surface area contributed by atoms with E-state index in [1.807, 2.05) is 26.8 Å². The number of aromatic hydroxyl groups is 1. The van der Waals surface area contributed by atoms with Gasteiger partial charge in [-0.05, 0) is 38.1 Å². The second kappa shape index (κ2) is 5.47. The molecule has 5 heteroatoms. The minimum Gasteiger partial charge on any atom is -0.493 e. The van der Waals surface area contributed by atoms with E-state index >= 15 is 0 Å². The average molecular weight is 310 g/mol. The number of aromatic nitrogens is 1. The van der Waals surface area contributed by atoms with Gasteiger partial charge in [0.25, 0.3) is 0 Å². The van der Waals surface area contributed by atoms with Crippen LogP contribution < -0.4 is 9.47 Å². The Kier molecular flexibility index (Phi) is 3.61. The van der Waals surface area contributed by atoms with Crippen molar-refractivity contribution in [2.24, 2.45) is 5.92 Å². The van der Waals surface area contributed by atoms with Crippen LogP contribution in [0.4, 0.5) is 0 Å². The van der Waals surface area contributed by atoms with Gasteiger partial charge in [-0.25, -0.2) is 4.98 Å². The van der Waals surface area contributed by atoms with Gasteiger partial charge in [0.15, 0.2) is 0 Å². The Morgan fingerprint density at radius 3 is 2.78 bits per heavy atom. The maximum Gasteiger partial charge on any atom is 0.214 e. The quantitative estimate of drug-likeness (QED) is 0.917. The highest BCUT2D eigenvalue weighted by Gasteiger charge is 2.42. The lowest BCUT2D eigenvalue weighted by molar-refractivity contribution is -0.0344. The number of ether oxygens (including phenoxy) is 2. The van der Waals surface area contributed by atoms with E-state index in [1.165, 1.54) is 12.3 Å². The van der Waals surface area contributed by atoms with Crippen molar-refractivity contribution in [2.75, 3.05) is 0 Å². The molecule has 0 radical (unpaired) electrons. The minimum absolute atomic E-state index is 0.0410. The second-order valence-corrected chi connectivity index (χ2v) is 6.25. The van der Waals surface area contributed by atoms with Crippen molar-refractivity contribution in [3.05, 3.63) is 47.7 Å². The van der Waals surface area contributed by atoms with Gasteiger partial charge in [-0.1, -0.05) is 6.92 Å². The van der Waals surface area contributed by atoms with Crippen LogP contribution in [0.1, 0.15) is 38.0 Å². The molecule has 2 aromatic rings. The van der Waals surface area contributed by atoms with Gasteiger partial charge in [-0.3, -0.25) is 0 Å². The third-order valence-corrected chi connectivity index (χ3v) is 4.35. The molecule has 0 saturated carbocycles. The maximum atomic E-state index is 9.53. The Balaban J connectivity index is 2.05. The van der Waals surface area contributed by atoms with Gasteiger partial charge in [0.1, 0.15) is 23.2 Å². The van der Waals surface area contributed by atoms with Crippen molar-refractivity contribution in [2.45, 2.75) is 32.5 Å². The van der Waals surface area contributed by atoms with E-state index < -0.39 is 5.60 Å². The molecule has 0 amide bonds. The molecule has 2 heterocycles. The first-order valence-corrected chi connectivity index (χ1v) is 7.45. The molecule has 0 bridgehead atoms. The summed E-state index contributed by atoms with van der Waals surface area (Å²) in [6.07, 6.45) is 1.20. The van der Waals surface area contributed by atoms with Crippen molar-refractivity contribution in [3.63, 3.8) is 0 Å². The summed E-state index contributed by atoms with van der Waals surface area (Å²) in [5.41, 5.74) is 0.985. The van der Waals surface area contributed by atoms with E-state index in [0.29, 0.717) is 11.3 Å². The molecule has 2 atom stereocenters. The number of nitrogens with zero attached hydrogens (tertiary/aromatic N) is 2. The Hall–Kier alpha value is -2.74. The monoisotopic (exact) mass is 310 g/mol. The molecule has 23 heavy (non-hydrogen) atoms. The molecule has 0 fully saturated rings. The number of rotatable bonds is 2. The first-order chi connectivity index (χ1) is 10.9. The second-order valence-electron chi connectivity index (χ2n) is 6.25. The van der Waals surface area contributed by atoms with Crippen molar-refractivity contribution in [1.82, 2.24) is 4.98 Å². The van der Waals surface area contributed by atoms with Crippen molar-refractivity contribution >= 4 is 0 Å². The summed E-state index contributed by atoms with van der Waals surface area (Å²) in [5.74, 6) is 1.20. The molecular formula is C18H18N2O3. The molecule has 1 aromatic heterocycles. The van der Waals surface area contributed by atoms with E-state index in [1.54, 1.807) is 18.2 Å². The maximum absolute atomic E-state index is 9.53. The van der Waals surface area contributed by atoms with E-state index in [4.69, 9.17) is 14.7 Å². The van der Waals surface area contributed by atoms with E-state index in [0.717, 1.165) is 11.3 Å². The molecular weight excluding hydrogens is 292 g/mol. The number of hydrogen-bond donors (Lipinski definition) is 1. The van der Waals surface area contributed by atoms with Gasteiger partial charge in [-0.15, -0.1) is 0 Å². The molecule has 1 aromatic carbocycles. The molecule has 0 aliphatic carbocycles. The fraction of sp³-hybridized carbons (Fsp3) is 0.333. The molecule has 2 unspecified atom stereocenters. The zero-order chi connectivity index (χ0) is 16.6. The number of pyridine rings is 1. The first kappa shape index (κ1) is 15.2. The van der Waals surface area contributed by atoms with E-state index in [9.17, 15) is 5.11 Å². The predicted octanol–water partition coefficient (Wildman–Crippen LogP) is 3.59. The lowest BCUT2D eigenvalue weighted by Gasteiger charge is -2.43. The average Bonchev–Trinajstić information content (AvgIpc) is 2.51. The topological polar surface area (TPSA) is 75.4 Å².